The maximum absolute atomic E-state index is 11.8. The van der Waals surface area contributed by atoms with E-state index in [1.54, 1.807) is 0 Å². The zero-order valence-electron chi connectivity index (χ0n) is 18.0. The molecule has 0 spiro atoms. The van der Waals surface area contributed by atoms with Gasteiger partial charge in [0.25, 0.3) is 0 Å². The minimum Gasteiger partial charge on any atom is -0.356 e. The Hall–Kier alpha value is -1.31. The van der Waals surface area contributed by atoms with Gasteiger partial charge in [0.05, 0.1) is 0 Å². The van der Waals surface area contributed by atoms with Crippen LogP contribution in [0, 0.1) is 11.8 Å². The summed E-state index contributed by atoms with van der Waals surface area (Å²) in [5, 5.41) is 6.87. The van der Waals surface area contributed by atoms with E-state index in [0.717, 1.165) is 50.4 Å². The second kappa shape index (κ2) is 12.4. The fourth-order valence-electron chi connectivity index (χ4n) is 4.48. The van der Waals surface area contributed by atoms with Gasteiger partial charge in [-0.25, -0.2) is 0 Å². The van der Waals surface area contributed by atoms with Crippen molar-refractivity contribution in [2.45, 2.75) is 65.0 Å². The van der Waals surface area contributed by atoms with Crippen molar-refractivity contribution in [3.8, 4) is 0 Å². The summed E-state index contributed by atoms with van der Waals surface area (Å²) in [6.07, 6.45) is 8.48. The summed E-state index contributed by atoms with van der Waals surface area (Å²) in [6, 6.07) is 8.53. The molecular formula is C23H37IN4O. The van der Waals surface area contributed by atoms with Gasteiger partial charge in [-0.15, -0.1) is 24.0 Å². The minimum atomic E-state index is 0. The standard InChI is InChI=1S/C23H36N4O.HI/c1-18-5-3-6-19(15-18)12-13-25-23(24-2)26-16-20-8-10-21(11-9-20)17-27-14-4-7-22(27)28;/h8-11,18-19H,3-7,12-17H2,1-2H3,(H2,24,25,26);1H. The van der Waals surface area contributed by atoms with Crippen molar-refractivity contribution >= 4 is 35.8 Å². The molecular weight excluding hydrogens is 475 g/mol. The molecule has 1 saturated heterocycles. The number of benzene rings is 1. The third-order valence-corrected chi connectivity index (χ3v) is 6.14. The molecule has 1 heterocycles. The van der Waals surface area contributed by atoms with E-state index in [1.807, 2.05) is 11.9 Å². The fraction of sp³-hybridized carbons (Fsp3) is 0.652. The molecule has 1 aromatic carbocycles. The third-order valence-electron chi connectivity index (χ3n) is 6.14. The Balaban J connectivity index is 0.00000300. The summed E-state index contributed by atoms with van der Waals surface area (Å²) in [4.78, 5) is 18.1. The molecule has 0 aromatic heterocycles. The van der Waals surface area contributed by atoms with Crippen LogP contribution in [0.1, 0.15) is 63.0 Å². The second-order valence-electron chi connectivity index (χ2n) is 8.51. The van der Waals surface area contributed by atoms with Crippen molar-refractivity contribution in [1.29, 1.82) is 0 Å². The average molecular weight is 512 g/mol. The van der Waals surface area contributed by atoms with Gasteiger partial charge in [-0.2, -0.15) is 0 Å². The number of nitrogens with zero attached hydrogens (tertiary/aromatic N) is 2. The van der Waals surface area contributed by atoms with Crippen LogP contribution >= 0.6 is 24.0 Å². The molecule has 1 amide bonds. The predicted molar refractivity (Wildman–Crippen MR) is 130 cm³/mol. The van der Waals surface area contributed by atoms with E-state index in [4.69, 9.17) is 0 Å². The first kappa shape index (κ1) is 24.0. The monoisotopic (exact) mass is 512 g/mol. The van der Waals surface area contributed by atoms with Crippen LogP contribution in [-0.4, -0.2) is 36.9 Å². The molecule has 2 fully saturated rings. The lowest BCUT2D eigenvalue weighted by molar-refractivity contribution is -0.128. The number of likely N-dealkylation sites (tertiary alicyclic amines) is 1. The Labute approximate surface area is 193 Å². The highest BCUT2D eigenvalue weighted by atomic mass is 127. The molecule has 2 unspecified atom stereocenters. The Morgan fingerprint density at radius 3 is 2.55 bits per heavy atom. The number of guanidine groups is 1. The molecule has 2 atom stereocenters. The highest BCUT2D eigenvalue weighted by molar-refractivity contribution is 14.0. The van der Waals surface area contributed by atoms with Crippen LogP contribution in [0.5, 0.6) is 0 Å². The number of hydrogen-bond donors (Lipinski definition) is 2. The number of amides is 1. The number of carbonyl (C=O) groups is 1. The molecule has 5 nitrogen and oxygen atoms in total. The summed E-state index contributed by atoms with van der Waals surface area (Å²) < 4.78 is 0. The van der Waals surface area contributed by atoms with E-state index >= 15 is 0 Å². The van der Waals surface area contributed by atoms with Crippen molar-refractivity contribution in [2.24, 2.45) is 16.8 Å². The fourth-order valence-corrected chi connectivity index (χ4v) is 4.48. The second-order valence-corrected chi connectivity index (χ2v) is 8.51. The highest BCUT2D eigenvalue weighted by Crippen LogP contribution is 2.30. The molecule has 1 aliphatic carbocycles. The first-order valence-corrected chi connectivity index (χ1v) is 10.9. The Bertz CT molecular complexity index is 661. The topological polar surface area (TPSA) is 56.7 Å². The molecule has 1 aromatic rings. The van der Waals surface area contributed by atoms with Gasteiger partial charge in [-0.1, -0.05) is 50.5 Å². The normalized spacial score (nSPS) is 22.3. The van der Waals surface area contributed by atoms with Crippen molar-refractivity contribution < 1.29 is 4.79 Å². The number of nitrogens with one attached hydrogen (secondary N) is 2. The van der Waals surface area contributed by atoms with Gasteiger partial charge in [-0.3, -0.25) is 9.79 Å². The molecule has 3 rings (SSSR count). The van der Waals surface area contributed by atoms with Crippen molar-refractivity contribution in [2.75, 3.05) is 20.1 Å². The lowest BCUT2D eigenvalue weighted by Gasteiger charge is -2.26. The summed E-state index contributed by atoms with van der Waals surface area (Å²) >= 11 is 0. The van der Waals surface area contributed by atoms with E-state index in [2.05, 4.69) is 46.8 Å². The lowest BCUT2D eigenvalue weighted by atomic mass is 9.81. The largest absolute Gasteiger partial charge is 0.356 e. The zero-order chi connectivity index (χ0) is 19.8. The number of rotatable bonds is 7. The Morgan fingerprint density at radius 1 is 1.14 bits per heavy atom. The first-order valence-electron chi connectivity index (χ1n) is 10.9. The Kier molecular flexibility index (Phi) is 10.2. The van der Waals surface area contributed by atoms with Gasteiger partial charge in [-0.05, 0) is 42.2 Å². The van der Waals surface area contributed by atoms with Crippen LogP contribution in [0.3, 0.4) is 0 Å². The third kappa shape index (κ3) is 7.79. The van der Waals surface area contributed by atoms with Crippen molar-refractivity contribution in [3.05, 3.63) is 35.4 Å². The van der Waals surface area contributed by atoms with Gasteiger partial charge in [0.1, 0.15) is 0 Å². The molecule has 1 saturated carbocycles. The summed E-state index contributed by atoms with van der Waals surface area (Å²) in [6.45, 7) is 5.75. The smallest absolute Gasteiger partial charge is 0.222 e. The molecule has 162 valence electrons. The van der Waals surface area contributed by atoms with E-state index in [0.29, 0.717) is 6.42 Å². The maximum atomic E-state index is 11.8. The molecule has 0 radical (unpaired) electrons. The SMILES string of the molecule is CN=C(NCCC1CCCC(C)C1)NCc1ccc(CN2CCCC2=O)cc1.I. The van der Waals surface area contributed by atoms with E-state index in [-0.39, 0.29) is 29.9 Å². The van der Waals surface area contributed by atoms with Gasteiger partial charge in [0.15, 0.2) is 5.96 Å². The summed E-state index contributed by atoms with van der Waals surface area (Å²) in [5.41, 5.74) is 2.42. The zero-order valence-corrected chi connectivity index (χ0v) is 20.3. The molecule has 0 bridgehead atoms. The van der Waals surface area contributed by atoms with Crippen molar-refractivity contribution in [1.82, 2.24) is 15.5 Å². The molecule has 1 aliphatic heterocycles. The number of halogens is 1. The van der Waals surface area contributed by atoms with Gasteiger partial charge in [0.2, 0.25) is 5.91 Å². The number of hydrogen-bond acceptors (Lipinski definition) is 2. The van der Waals surface area contributed by atoms with E-state index < -0.39 is 0 Å². The summed E-state index contributed by atoms with van der Waals surface area (Å²) in [5.74, 6) is 2.91. The van der Waals surface area contributed by atoms with Crippen LogP contribution in [0.2, 0.25) is 0 Å². The molecule has 2 aliphatic rings. The van der Waals surface area contributed by atoms with E-state index in [1.165, 1.54) is 43.2 Å². The highest BCUT2D eigenvalue weighted by Gasteiger charge is 2.20. The van der Waals surface area contributed by atoms with Crippen LogP contribution in [0.4, 0.5) is 0 Å². The quantitative estimate of drug-likeness (QED) is 0.325. The van der Waals surface area contributed by atoms with Crippen LogP contribution < -0.4 is 10.6 Å². The average Bonchev–Trinajstić information content (AvgIpc) is 3.10. The number of carbonyl (C=O) groups excluding carboxylic acids is 1. The van der Waals surface area contributed by atoms with Crippen LogP contribution in [0.25, 0.3) is 0 Å². The Morgan fingerprint density at radius 2 is 1.90 bits per heavy atom. The van der Waals surface area contributed by atoms with Gasteiger partial charge < -0.3 is 15.5 Å². The van der Waals surface area contributed by atoms with Crippen molar-refractivity contribution in [3.63, 3.8) is 0 Å². The van der Waals surface area contributed by atoms with Crippen LogP contribution in [0.15, 0.2) is 29.3 Å². The molecule has 6 heteroatoms. The van der Waals surface area contributed by atoms with Gasteiger partial charge >= 0.3 is 0 Å². The number of aliphatic imine (C=N–C) groups is 1. The van der Waals surface area contributed by atoms with Crippen LogP contribution in [-0.2, 0) is 17.9 Å². The maximum Gasteiger partial charge on any atom is 0.222 e. The molecule has 2 N–H and O–H groups in total. The first-order chi connectivity index (χ1) is 13.6. The molecule has 29 heavy (non-hydrogen) atoms. The van der Waals surface area contributed by atoms with E-state index in [9.17, 15) is 4.79 Å². The lowest BCUT2D eigenvalue weighted by Crippen LogP contribution is -2.38. The van der Waals surface area contributed by atoms with Gasteiger partial charge in [0, 0.05) is 39.6 Å². The summed E-state index contributed by atoms with van der Waals surface area (Å²) in [7, 11) is 1.83. The minimum absolute atomic E-state index is 0. The predicted octanol–water partition coefficient (Wildman–Crippen LogP) is 4.31.